The zero-order valence-corrected chi connectivity index (χ0v) is 8.78. The van der Waals surface area contributed by atoms with E-state index in [2.05, 4.69) is 33.1 Å². The molecule has 3 atom stereocenters. The molecule has 0 spiro atoms. The molecule has 0 aromatic rings. The Morgan fingerprint density at radius 2 is 1.67 bits per heavy atom. The molecule has 1 heteroatoms. The van der Waals surface area contributed by atoms with Crippen molar-refractivity contribution in [2.75, 3.05) is 7.05 Å². The molecule has 0 heterocycles. The fourth-order valence-corrected chi connectivity index (χ4v) is 3.64. The molecular formula is C11H21N. The average molecular weight is 167 g/mol. The lowest BCUT2D eigenvalue weighted by Crippen LogP contribution is -2.55. The maximum absolute atomic E-state index is 3.56. The lowest BCUT2D eigenvalue weighted by Gasteiger charge is -2.47. The summed E-state index contributed by atoms with van der Waals surface area (Å²) in [6.45, 7) is 7.29. The highest BCUT2D eigenvalue weighted by atomic mass is 15.0. The van der Waals surface area contributed by atoms with Crippen LogP contribution in [0.25, 0.3) is 0 Å². The van der Waals surface area contributed by atoms with Gasteiger partial charge in [-0.25, -0.2) is 0 Å². The first-order chi connectivity index (χ1) is 5.52. The molecule has 0 saturated heterocycles. The molecule has 0 aliphatic heterocycles. The van der Waals surface area contributed by atoms with Gasteiger partial charge >= 0.3 is 0 Å². The van der Waals surface area contributed by atoms with E-state index in [1.54, 1.807) is 0 Å². The van der Waals surface area contributed by atoms with Crippen molar-refractivity contribution in [3.63, 3.8) is 0 Å². The van der Waals surface area contributed by atoms with Gasteiger partial charge in [-0.1, -0.05) is 13.8 Å². The minimum absolute atomic E-state index is 0.399. The topological polar surface area (TPSA) is 12.0 Å². The Bertz CT molecular complexity index is 197. The lowest BCUT2D eigenvalue weighted by molar-refractivity contribution is 0.0732. The van der Waals surface area contributed by atoms with Crippen LogP contribution in [0.5, 0.6) is 0 Å². The van der Waals surface area contributed by atoms with Crippen LogP contribution in [-0.2, 0) is 0 Å². The van der Waals surface area contributed by atoms with Gasteiger partial charge in [-0.15, -0.1) is 0 Å². The van der Waals surface area contributed by atoms with Crippen molar-refractivity contribution in [3.05, 3.63) is 0 Å². The van der Waals surface area contributed by atoms with Crippen LogP contribution in [0.4, 0.5) is 0 Å². The Morgan fingerprint density at radius 1 is 1.08 bits per heavy atom. The van der Waals surface area contributed by atoms with Crippen LogP contribution in [0.1, 0.15) is 40.0 Å². The molecule has 1 N–H and O–H groups in total. The molecule has 0 aromatic heterocycles. The molecule has 70 valence electrons. The predicted molar refractivity (Wildman–Crippen MR) is 52.1 cm³/mol. The van der Waals surface area contributed by atoms with Gasteiger partial charge in [0, 0.05) is 5.54 Å². The third kappa shape index (κ3) is 0.736. The van der Waals surface area contributed by atoms with E-state index in [0.717, 1.165) is 11.8 Å². The van der Waals surface area contributed by atoms with Gasteiger partial charge in [-0.3, -0.25) is 0 Å². The van der Waals surface area contributed by atoms with Crippen LogP contribution in [-0.4, -0.2) is 12.6 Å². The molecular weight excluding hydrogens is 146 g/mol. The summed E-state index contributed by atoms with van der Waals surface area (Å²) in [7, 11) is 2.13. The Kier molecular flexibility index (Phi) is 1.61. The smallest absolute Gasteiger partial charge is 0.0232 e. The maximum atomic E-state index is 3.56. The average Bonchev–Trinajstić information content (AvgIpc) is 2.55. The third-order valence-electron chi connectivity index (χ3n) is 5.13. The first kappa shape index (κ1) is 8.55. The van der Waals surface area contributed by atoms with Crippen molar-refractivity contribution < 1.29 is 0 Å². The molecule has 0 aromatic carbocycles. The quantitative estimate of drug-likeness (QED) is 0.632. The van der Waals surface area contributed by atoms with E-state index in [0.29, 0.717) is 11.0 Å². The van der Waals surface area contributed by atoms with E-state index in [1.807, 2.05) is 0 Å². The molecule has 0 amide bonds. The summed E-state index contributed by atoms with van der Waals surface area (Å²) in [6, 6.07) is 0. The van der Waals surface area contributed by atoms with Crippen molar-refractivity contribution in [2.45, 2.75) is 45.6 Å². The normalized spacial score (nSPS) is 50.0. The van der Waals surface area contributed by atoms with Crippen LogP contribution in [0.3, 0.4) is 0 Å². The second kappa shape index (κ2) is 2.25. The lowest BCUT2D eigenvalue weighted by atomic mass is 9.64. The number of nitrogens with one attached hydrogen (secondary N) is 1. The van der Waals surface area contributed by atoms with Gasteiger partial charge in [0.1, 0.15) is 0 Å². The van der Waals surface area contributed by atoms with E-state index in [1.165, 1.54) is 19.3 Å². The van der Waals surface area contributed by atoms with Gasteiger partial charge in [0.05, 0.1) is 0 Å². The highest BCUT2D eigenvalue weighted by Gasteiger charge is 2.59. The van der Waals surface area contributed by atoms with Crippen molar-refractivity contribution in [1.82, 2.24) is 5.32 Å². The van der Waals surface area contributed by atoms with Crippen molar-refractivity contribution in [1.29, 1.82) is 0 Å². The van der Waals surface area contributed by atoms with Gasteiger partial charge in [0.15, 0.2) is 0 Å². The molecule has 2 saturated carbocycles. The van der Waals surface area contributed by atoms with E-state index in [-0.39, 0.29) is 0 Å². The predicted octanol–water partition coefficient (Wildman–Crippen LogP) is 2.42. The third-order valence-corrected chi connectivity index (χ3v) is 5.13. The van der Waals surface area contributed by atoms with Crippen molar-refractivity contribution in [2.24, 2.45) is 17.3 Å². The minimum atomic E-state index is 0.399. The number of hydrogen-bond acceptors (Lipinski definition) is 1. The highest BCUT2D eigenvalue weighted by Crippen LogP contribution is 2.60. The van der Waals surface area contributed by atoms with E-state index in [9.17, 15) is 0 Å². The number of rotatable bonds is 1. The highest BCUT2D eigenvalue weighted by molar-refractivity contribution is 5.13. The monoisotopic (exact) mass is 167 g/mol. The summed E-state index contributed by atoms with van der Waals surface area (Å²) in [6.07, 6.45) is 4.38. The number of hydrogen-bond donors (Lipinski definition) is 1. The summed E-state index contributed by atoms with van der Waals surface area (Å²) < 4.78 is 0. The molecule has 12 heavy (non-hydrogen) atoms. The van der Waals surface area contributed by atoms with Crippen LogP contribution < -0.4 is 5.32 Å². The summed E-state index contributed by atoms with van der Waals surface area (Å²) in [5, 5.41) is 3.56. The minimum Gasteiger partial charge on any atom is -0.314 e. The summed E-state index contributed by atoms with van der Waals surface area (Å²) in [5.74, 6) is 1.91. The largest absolute Gasteiger partial charge is 0.314 e. The fourth-order valence-electron chi connectivity index (χ4n) is 3.64. The molecule has 1 unspecified atom stereocenters. The molecule has 2 aliphatic carbocycles. The summed E-state index contributed by atoms with van der Waals surface area (Å²) in [5.41, 5.74) is 0.903. The molecule has 2 rings (SSSR count). The SMILES string of the molecule is CNC1(C)[C@@H]2CC[C@@H](C2)C1(C)C. The van der Waals surface area contributed by atoms with Gasteiger partial charge < -0.3 is 5.32 Å². The van der Waals surface area contributed by atoms with E-state index < -0.39 is 0 Å². The maximum Gasteiger partial charge on any atom is 0.0232 e. The van der Waals surface area contributed by atoms with Crippen LogP contribution in [0, 0.1) is 17.3 Å². The van der Waals surface area contributed by atoms with Crippen molar-refractivity contribution >= 4 is 0 Å². The molecule has 2 bridgehead atoms. The fraction of sp³-hybridized carbons (Fsp3) is 1.00. The van der Waals surface area contributed by atoms with Gasteiger partial charge in [0.2, 0.25) is 0 Å². The van der Waals surface area contributed by atoms with Crippen LogP contribution in [0.2, 0.25) is 0 Å². The zero-order chi connectivity index (χ0) is 8.98. The molecule has 1 nitrogen and oxygen atoms in total. The van der Waals surface area contributed by atoms with Crippen LogP contribution >= 0.6 is 0 Å². The van der Waals surface area contributed by atoms with Gasteiger partial charge in [-0.05, 0) is 50.5 Å². The summed E-state index contributed by atoms with van der Waals surface area (Å²) >= 11 is 0. The summed E-state index contributed by atoms with van der Waals surface area (Å²) in [4.78, 5) is 0. The molecule has 2 aliphatic rings. The second-order valence-electron chi connectivity index (χ2n) is 5.38. The molecule has 2 fully saturated rings. The van der Waals surface area contributed by atoms with Gasteiger partial charge in [-0.2, -0.15) is 0 Å². The van der Waals surface area contributed by atoms with E-state index in [4.69, 9.17) is 0 Å². The van der Waals surface area contributed by atoms with E-state index >= 15 is 0 Å². The Balaban J connectivity index is 2.34. The first-order valence-corrected chi connectivity index (χ1v) is 5.21. The van der Waals surface area contributed by atoms with Crippen LogP contribution in [0.15, 0.2) is 0 Å². The second-order valence-corrected chi connectivity index (χ2v) is 5.38. The Hall–Kier alpha value is -0.0400. The standard InChI is InChI=1S/C11H21N/c1-10(2)8-5-6-9(7-8)11(10,3)12-4/h8-9,12H,5-7H2,1-4H3/t8-,9+,11?/m0/s1. The zero-order valence-electron chi connectivity index (χ0n) is 8.78. The Labute approximate surface area is 75.9 Å². The van der Waals surface area contributed by atoms with Gasteiger partial charge in [0.25, 0.3) is 0 Å². The number of fused-ring (bicyclic) bond motifs is 2. The Morgan fingerprint density at radius 3 is 2.00 bits per heavy atom. The van der Waals surface area contributed by atoms with Crippen molar-refractivity contribution in [3.8, 4) is 0 Å². The first-order valence-electron chi connectivity index (χ1n) is 5.21. The molecule has 0 radical (unpaired) electrons.